The number of H-pyrrole nitrogens is 1. The zero-order chi connectivity index (χ0) is 18.7. The van der Waals surface area contributed by atoms with Crippen LogP contribution in [0.3, 0.4) is 0 Å². The zero-order valence-electron chi connectivity index (χ0n) is 16.3. The Balaban J connectivity index is -0.000000426. The Morgan fingerprint density at radius 1 is 1.26 bits per heavy atom. The van der Waals surface area contributed by atoms with Gasteiger partial charge in [-0.05, 0) is 38.6 Å². The number of carbonyl (C=O) groups is 1. The van der Waals surface area contributed by atoms with Crippen LogP contribution in [0.4, 0.5) is 0 Å². The fourth-order valence-corrected chi connectivity index (χ4v) is 1.53. The number of allylic oxidation sites excluding steroid dienone is 2. The predicted molar refractivity (Wildman–Crippen MR) is 105 cm³/mol. The highest BCUT2D eigenvalue weighted by Crippen LogP contribution is 2.13. The molecule has 1 aromatic heterocycles. The molecule has 0 saturated heterocycles. The van der Waals surface area contributed by atoms with Crippen molar-refractivity contribution >= 4 is 12.5 Å². The van der Waals surface area contributed by atoms with E-state index in [1.807, 2.05) is 40.8 Å². The van der Waals surface area contributed by atoms with Crippen LogP contribution in [-0.4, -0.2) is 31.5 Å². The number of hydrogen-bond donors (Lipinski definition) is 3. The van der Waals surface area contributed by atoms with Gasteiger partial charge in [-0.15, -0.1) is 0 Å². The van der Waals surface area contributed by atoms with Crippen LogP contribution in [0.2, 0.25) is 0 Å². The van der Waals surface area contributed by atoms with Crippen LogP contribution in [0.1, 0.15) is 51.6 Å². The molecule has 1 unspecified atom stereocenters. The van der Waals surface area contributed by atoms with Crippen molar-refractivity contribution in [3.05, 3.63) is 41.7 Å². The SMILES string of the molecule is C=C/C=C\c1[nH]c(CC(C)NC)cc1C.CC.CC.CNC=O. The van der Waals surface area contributed by atoms with Crippen LogP contribution in [-0.2, 0) is 11.2 Å². The summed E-state index contributed by atoms with van der Waals surface area (Å²) in [5.41, 5.74) is 3.73. The smallest absolute Gasteiger partial charge is 0.206 e. The molecule has 0 saturated carbocycles. The summed E-state index contributed by atoms with van der Waals surface area (Å²) in [5, 5.41) is 5.48. The summed E-state index contributed by atoms with van der Waals surface area (Å²) in [6.07, 6.45) is 7.44. The lowest BCUT2D eigenvalue weighted by atomic mass is 10.2. The van der Waals surface area contributed by atoms with E-state index in [0.717, 1.165) is 6.42 Å². The Morgan fingerprint density at radius 2 is 1.78 bits per heavy atom. The number of rotatable bonds is 6. The van der Waals surface area contributed by atoms with E-state index >= 15 is 0 Å². The third-order valence-corrected chi connectivity index (χ3v) is 2.65. The van der Waals surface area contributed by atoms with Gasteiger partial charge in [0.1, 0.15) is 0 Å². The molecule has 1 heterocycles. The summed E-state index contributed by atoms with van der Waals surface area (Å²) in [6, 6.07) is 2.70. The third kappa shape index (κ3) is 14.9. The van der Waals surface area contributed by atoms with Gasteiger partial charge in [0.05, 0.1) is 0 Å². The molecule has 0 aliphatic carbocycles. The van der Waals surface area contributed by atoms with Gasteiger partial charge in [0.25, 0.3) is 0 Å². The summed E-state index contributed by atoms with van der Waals surface area (Å²) in [5.74, 6) is 0. The van der Waals surface area contributed by atoms with Gasteiger partial charge >= 0.3 is 0 Å². The third-order valence-electron chi connectivity index (χ3n) is 2.65. The Kier molecular flexibility index (Phi) is 22.9. The molecule has 4 nitrogen and oxygen atoms in total. The first-order chi connectivity index (χ1) is 11.1. The zero-order valence-corrected chi connectivity index (χ0v) is 16.3. The van der Waals surface area contributed by atoms with Gasteiger partial charge in [0.15, 0.2) is 0 Å². The maximum Gasteiger partial charge on any atom is 0.206 e. The molecule has 3 N–H and O–H groups in total. The van der Waals surface area contributed by atoms with Gasteiger partial charge in [-0.3, -0.25) is 4.79 Å². The fraction of sp³-hybridized carbons (Fsp3) is 0.526. The molecule has 1 rings (SSSR count). The molecule has 0 spiro atoms. The number of amides is 1. The van der Waals surface area contributed by atoms with Gasteiger partial charge in [-0.1, -0.05) is 46.4 Å². The quantitative estimate of drug-likeness (QED) is 0.545. The minimum Gasteiger partial charge on any atom is -0.362 e. The van der Waals surface area contributed by atoms with Crippen molar-refractivity contribution in [1.29, 1.82) is 0 Å². The second-order valence-electron chi connectivity index (χ2n) is 4.29. The van der Waals surface area contributed by atoms with E-state index in [9.17, 15) is 0 Å². The van der Waals surface area contributed by atoms with Crippen molar-refractivity contribution in [2.45, 2.75) is 54.0 Å². The Bertz CT molecular complexity index is 409. The van der Waals surface area contributed by atoms with Gasteiger partial charge < -0.3 is 15.6 Å². The molecule has 0 aliphatic rings. The van der Waals surface area contributed by atoms with Crippen LogP contribution in [0.5, 0.6) is 0 Å². The molecule has 1 aromatic rings. The first kappa shape index (κ1) is 26.1. The minimum atomic E-state index is 0.499. The first-order valence-corrected chi connectivity index (χ1v) is 8.34. The topological polar surface area (TPSA) is 56.9 Å². The standard InChI is InChI=1S/C13H20N2.C2H5NO.2C2H6/c1-5-6-7-13-10(2)8-12(15-13)9-11(3)14-4;1-3-2-4;2*1-2/h5-8,11,14-15H,1,9H2,2-4H3;2H,1H3,(H,3,4);2*1-2H3/b7-6-;;;. The summed E-state index contributed by atoms with van der Waals surface area (Å²) in [6.45, 7) is 16.0. The molecule has 0 fully saturated rings. The average molecular weight is 324 g/mol. The average Bonchev–Trinajstić information content (AvgIpc) is 2.95. The normalized spacial score (nSPS) is 10.1. The van der Waals surface area contributed by atoms with Crippen LogP contribution >= 0.6 is 0 Å². The Labute approximate surface area is 143 Å². The molecule has 1 amide bonds. The lowest BCUT2D eigenvalue weighted by molar-refractivity contribution is -0.109. The molecule has 4 heteroatoms. The van der Waals surface area contributed by atoms with Crippen LogP contribution in [0, 0.1) is 6.92 Å². The summed E-state index contributed by atoms with van der Waals surface area (Å²) >= 11 is 0. The van der Waals surface area contributed by atoms with Crippen LogP contribution in [0.15, 0.2) is 24.8 Å². The molecule has 134 valence electrons. The van der Waals surface area contributed by atoms with E-state index in [0.29, 0.717) is 12.5 Å². The fourth-order valence-electron chi connectivity index (χ4n) is 1.53. The van der Waals surface area contributed by atoms with E-state index in [4.69, 9.17) is 4.79 Å². The highest BCUT2D eigenvalue weighted by Gasteiger charge is 2.05. The lowest BCUT2D eigenvalue weighted by Crippen LogP contribution is -2.23. The van der Waals surface area contributed by atoms with E-state index in [1.165, 1.54) is 17.0 Å². The molecule has 0 aliphatic heterocycles. The second kappa shape index (κ2) is 20.2. The Morgan fingerprint density at radius 3 is 2.17 bits per heavy atom. The maximum atomic E-state index is 9.06. The number of likely N-dealkylation sites (N-methyl/N-ethyl adjacent to an activating group) is 1. The number of hydrogen-bond acceptors (Lipinski definition) is 2. The maximum absolute atomic E-state index is 9.06. The second-order valence-corrected chi connectivity index (χ2v) is 4.29. The molecule has 1 atom stereocenters. The van der Waals surface area contributed by atoms with Gasteiger partial charge in [0, 0.05) is 30.9 Å². The number of nitrogens with one attached hydrogen (secondary N) is 3. The number of carbonyl (C=O) groups excluding carboxylic acids is 1. The molecule has 0 bridgehead atoms. The van der Waals surface area contributed by atoms with Crippen LogP contribution < -0.4 is 10.6 Å². The molecule has 0 radical (unpaired) electrons. The molecule has 0 aromatic carbocycles. The highest BCUT2D eigenvalue weighted by atomic mass is 16.1. The predicted octanol–water partition coefficient (Wildman–Crippen LogP) is 4.09. The monoisotopic (exact) mass is 323 g/mol. The summed E-state index contributed by atoms with van der Waals surface area (Å²) in [7, 11) is 3.55. The van der Waals surface area contributed by atoms with E-state index in [1.54, 1.807) is 13.1 Å². The van der Waals surface area contributed by atoms with Gasteiger partial charge in [-0.2, -0.15) is 0 Å². The first-order valence-electron chi connectivity index (χ1n) is 8.34. The highest BCUT2D eigenvalue weighted by molar-refractivity contribution is 5.52. The van der Waals surface area contributed by atoms with E-state index in [2.05, 4.69) is 48.2 Å². The number of aromatic amines is 1. The summed E-state index contributed by atoms with van der Waals surface area (Å²) < 4.78 is 0. The molecule has 23 heavy (non-hydrogen) atoms. The van der Waals surface area contributed by atoms with Gasteiger partial charge in [-0.25, -0.2) is 0 Å². The molecular formula is C19H37N3O. The summed E-state index contributed by atoms with van der Waals surface area (Å²) in [4.78, 5) is 12.5. The number of aromatic nitrogens is 1. The van der Waals surface area contributed by atoms with Crippen molar-refractivity contribution < 1.29 is 4.79 Å². The largest absolute Gasteiger partial charge is 0.362 e. The van der Waals surface area contributed by atoms with Crippen molar-refractivity contribution in [2.75, 3.05) is 14.1 Å². The lowest BCUT2D eigenvalue weighted by Gasteiger charge is -2.07. The van der Waals surface area contributed by atoms with Crippen molar-refractivity contribution in [3.63, 3.8) is 0 Å². The van der Waals surface area contributed by atoms with E-state index in [-0.39, 0.29) is 0 Å². The number of aryl methyl sites for hydroxylation is 1. The van der Waals surface area contributed by atoms with Gasteiger partial charge in [0.2, 0.25) is 6.41 Å². The van der Waals surface area contributed by atoms with Crippen LogP contribution in [0.25, 0.3) is 6.08 Å². The minimum absolute atomic E-state index is 0.499. The molecular weight excluding hydrogens is 286 g/mol. The van der Waals surface area contributed by atoms with Crippen molar-refractivity contribution in [1.82, 2.24) is 15.6 Å². The van der Waals surface area contributed by atoms with E-state index < -0.39 is 0 Å². The van der Waals surface area contributed by atoms with Crippen molar-refractivity contribution in [3.8, 4) is 0 Å². The Hall–Kier alpha value is -1.81. The van der Waals surface area contributed by atoms with Crippen molar-refractivity contribution in [2.24, 2.45) is 0 Å².